The number of anilines is 1. The summed E-state index contributed by atoms with van der Waals surface area (Å²) in [7, 11) is 0. The topological polar surface area (TPSA) is 111 Å². The van der Waals surface area contributed by atoms with Gasteiger partial charge in [-0.3, -0.25) is 19.5 Å². The number of urea groups is 1. The van der Waals surface area contributed by atoms with Crippen molar-refractivity contribution < 1.29 is 22.8 Å². The van der Waals surface area contributed by atoms with Crippen molar-refractivity contribution >= 4 is 28.7 Å². The number of nitrogens with zero attached hydrogens (tertiary/aromatic N) is 4. The zero-order valence-electron chi connectivity index (χ0n) is 16.7. The van der Waals surface area contributed by atoms with Gasteiger partial charge in [-0.15, -0.1) is 0 Å². The van der Waals surface area contributed by atoms with Gasteiger partial charge in [-0.05, 0) is 30.3 Å². The first-order valence-electron chi connectivity index (χ1n) is 9.49. The normalized spacial score (nSPS) is 11.4. The number of aromatic nitrogens is 4. The van der Waals surface area contributed by atoms with E-state index in [9.17, 15) is 27.6 Å². The molecule has 4 rings (SSSR count). The van der Waals surface area contributed by atoms with Crippen LogP contribution >= 0.6 is 0 Å². The summed E-state index contributed by atoms with van der Waals surface area (Å²) < 4.78 is 41.1. The first-order valence-corrected chi connectivity index (χ1v) is 9.49. The van der Waals surface area contributed by atoms with Gasteiger partial charge in [0.05, 0.1) is 17.4 Å². The minimum Gasteiger partial charge on any atom is -0.308 e. The van der Waals surface area contributed by atoms with Crippen LogP contribution in [0.3, 0.4) is 0 Å². The number of alkyl halides is 3. The van der Waals surface area contributed by atoms with Gasteiger partial charge in [-0.2, -0.15) is 18.3 Å². The SMILES string of the molecule is O=C(Cn1cnc2c(cnn2-c2cccc(C(F)(F)F)c2)c1=O)NC(=O)Nc1ccccc1. The molecule has 9 nitrogen and oxygen atoms in total. The van der Waals surface area contributed by atoms with E-state index < -0.39 is 35.8 Å². The van der Waals surface area contributed by atoms with Crippen molar-refractivity contribution in [2.24, 2.45) is 0 Å². The number of carbonyl (C=O) groups is 2. The molecule has 2 aromatic heterocycles. The predicted octanol–water partition coefficient (Wildman–Crippen LogP) is 2.95. The summed E-state index contributed by atoms with van der Waals surface area (Å²) in [4.78, 5) is 40.9. The van der Waals surface area contributed by atoms with Crippen LogP contribution in [0, 0.1) is 0 Å². The smallest absolute Gasteiger partial charge is 0.308 e. The van der Waals surface area contributed by atoms with E-state index in [-0.39, 0.29) is 16.7 Å². The standard InChI is InChI=1S/C21H15F3N6O3/c22-21(23,24)13-5-4-8-15(9-13)30-18-16(10-26-30)19(32)29(12-25-18)11-17(31)28-20(33)27-14-6-2-1-3-7-14/h1-10,12H,11H2,(H2,27,28,31,33). The van der Waals surface area contributed by atoms with Crippen molar-refractivity contribution in [3.63, 3.8) is 0 Å². The summed E-state index contributed by atoms with van der Waals surface area (Å²) in [5.74, 6) is -0.767. The third-order valence-electron chi connectivity index (χ3n) is 4.57. The Balaban J connectivity index is 1.53. The van der Waals surface area contributed by atoms with Gasteiger partial charge in [-0.25, -0.2) is 14.5 Å². The molecular formula is C21H15F3N6O3. The van der Waals surface area contributed by atoms with Crippen LogP contribution in [-0.4, -0.2) is 31.3 Å². The molecule has 0 unspecified atom stereocenters. The van der Waals surface area contributed by atoms with Crippen molar-refractivity contribution in [2.45, 2.75) is 12.7 Å². The molecule has 2 aromatic carbocycles. The Morgan fingerprint density at radius 3 is 2.52 bits per heavy atom. The molecule has 0 fully saturated rings. The van der Waals surface area contributed by atoms with Crippen molar-refractivity contribution in [1.29, 1.82) is 0 Å². The lowest BCUT2D eigenvalue weighted by Gasteiger charge is -2.10. The summed E-state index contributed by atoms with van der Waals surface area (Å²) in [5.41, 5.74) is -0.943. The van der Waals surface area contributed by atoms with Crippen LogP contribution in [-0.2, 0) is 17.5 Å². The molecule has 0 radical (unpaired) electrons. The zero-order valence-corrected chi connectivity index (χ0v) is 16.7. The molecule has 33 heavy (non-hydrogen) atoms. The molecule has 2 N–H and O–H groups in total. The Labute approximate surface area is 183 Å². The molecule has 12 heteroatoms. The Bertz CT molecular complexity index is 1400. The van der Waals surface area contributed by atoms with E-state index in [0.29, 0.717) is 5.69 Å². The van der Waals surface area contributed by atoms with Crippen molar-refractivity contribution in [3.8, 4) is 5.69 Å². The highest BCUT2D eigenvalue weighted by atomic mass is 19.4. The molecular weight excluding hydrogens is 441 g/mol. The van der Waals surface area contributed by atoms with Crippen LogP contribution in [0.4, 0.5) is 23.7 Å². The fourth-order valence-electron chi connectivity index (χ4n) is 3.07. The lowest BCUT2D eigenvalue weighted by molar-refractivity contribution is -0.137. The maximum absolute atomic E-state index is 13.0. The molecule has 168 valence electrons. The van der Waals surface area contributed by atoms with Crippen molar-refractivity contribution in [3.05, 3.63) is 83.0 Å². The number of hydrogen-bond donors (Lipinski definition) is 2. The van der Waals surface area contributed by atoms with E-state index in [1.807, 2.05) is 0 Å². The van der Waals surface area contributed by atoms with E-state index in [1.165, 1.54) is 12.1 Å². The van der Waals surface area contributed by atoms with Crippen molar-refractivity contribution in [2.75, 3.05) is 5.32 Å². The van der Waals surface area contributed by atoms with Crippen LogP contribution in [0.25, 0.3) is 16.7 Å². The molecule has 0 aliphatic heterocycles. The van der Waals surface area contributed by atoms with E-state index in [1.54, 1.807) is 30.3 Å². The number of imide groups is 1. The first-order chi connectivity index (χ1) is 15.7. The van der Waals surface area contributed by atoms with Crippen LogP contribution < -0.4 is 16.2 Å². The average Bonchev–Trinajstić information content (AvgIpc) is 3.21. The minimum atomic E-state index is -4.54. The Hall–Kier alpha value is -4.48. The summed E-state index contributed by atoms with van der Waals surface area (Å²) in [6.45, 7) is -0.501. The highest BCUT2D eigenvalue weighted by Gasteiger charge is 2.30. The minimum absolute atomic E-state index is 0.00329. The summed E-state index contributed by atoms with van der Waals surface area (Å²) in [6.07, 6.45) is -2.33. The van der Waals surface area contributed by atoms with Crippen molar-refractivity contribution in [1.82, 2.24) is 24.6 Å². The number of carbonyl (C=O) groups excluding carboxylic acids is 2. The number of para-hydroxylation sites is 1. The molecule has 0 saturated heterocycles. The van der Waals surface area contributed by atoms with E-state index in [0.717, 1.165) is 33.9 Å². The number of fused-ring (bicyclic) bond motifs is 1. The molecule has 0 saturated carbocycles. The quantitative estimate of drug-likeness (QED) is 0.491. The number of hydrogen-bond acceptors (Lipinski definition) is 5. The fraction of sp³-hybridized carbons (Fsp3) is 0.0952. The summed E-state index contributed by atoms with van der Waals surface area (Å²) in [5, 5.41) is 8.54. The van der Waals surface area contributed by atoms with Crippen LogP contribution in [0.15, 0.2) is 71.9 Å². The average molecular weight is 456 g/mol. The zero-order chi connectivity index (χ0) is 23.6. The Kier molecular flexibility index (Phi) is 5.65. The number of halogens is 3. The number of benzene rings is 2. The van der Waals surface area contributed by atoms with Gasteiger partial charge < -0.3 is 5.32 Å². The maximum atomic E-state index is 13.0. The second kappa shape index (κ2) is 8.57. The predicted molar refractivity (Wildman–Crippen MR) is 112 cm³/mol. The van der Waals surface area contributed by atoms with Gasteiger partial charge in [0.15, 0.2) is 5.65 Å². The number of amides is 3. The highest BCUT2D eigenvalue weighted by Crippen LogP contribution is 2.30. The monoisotopic (exact) mass is 456 g/mol. The van der Waals surface area contributed by atoms with E-state index in [4.69, 9.17) is 0 Å². The van der Waals surface area contributed by atoms with Gasteiger partial charge >= 0.3 is 12.2 Å². The maximum Gasteiger partial charge on any atom is 0.416 e. The molecule has 3 amide bonds. The van der Waals surface area contributed by atoms with E-state index in [2.05, 4.69) is 20.7 Å². The second-order valence-corrected chi connectivity index (χ2v) is 6.89. The third kappa shape index (κ3) is 4.74. The largest absolute Gasteiger partial charge is 0.416 e. The summed E-state index contributed by atoms with van der Waals surface area (Å²) >= 11 is 0. The molecule has 0 aliphatic rings. The second-order valence-electron chi connectivity index (χ2n) is 6.89. The van der Waals surface area contributed by atoms with E-state index >= 15 is 0 Å². The number of nitrogens with one attached hydrogen (secondary N) is 2. The number of rotatable bonds is 4. The van der Waals surface area contributed by atoms with Gasteiger partial charge in [0, 0.05) is 5.69 Å². The fourth-order valence-corrected chi connectivity index (χ4v) is 3.07. The van der Waals surface area contributed by atoms with Crippen LogP contribution in [0.5, 0.6) is 0 Å². The van der Waals surface area contributed by atoms with Crippen LogP contribution in [0.2, 0.25) is 0 Å². The highest BCUT2D eigenvalue weighted by molar-refractivity contribution is 6.01. The van der Waals surface area contributed by atoms with Gasteiger partial charge in [0.1, 0.15) is 18.3 Å². The summed E-state index contributed by atoms with van der Waals surface area (Å²) in [6, 6.07) is 12.1. The molecule has 0 spiro atoms. The molecule has 0 bridgehead atoms. The Morgan fingerprint density at radius 1 is 1.03 bits per heavy atom. The van der Waals surface area contributed by atoms with Crippen LogP contribution in [0.1, 0.15) is 5.56 Å². The molecule has 0 atom stereocenters. The van der Waals surface area contributed by atoms with Gasteiger partial charge in [0.25, 0.3) is 5.56 Å². The van der Waals surface area contributed by atoms with Gasteiger partial charge in [-0.1, -0.05) is 24.3 Å². The molecule has 4 aromatic rings. The first kappa shape index (κ1) is 21.7. The Morgan fingerprint density at radius 2 is 1.79 bits per heavy atom. The molecule has 2 heterocycles. The lowest BCUT2D eigenvalue weighted by atomic mass is 10.2. The lowest BCUT2D eigenvalue weighted by Crippen LogP contribution is -2.38. The third-order valence-corrected chi connectivity index (χ3v) is 4.57. The molecule has 0 aliphatic carbocycles. The van der Waals surface area contributed by atoms with Gasteiger partial charge in [0.2, 0.25) is 5.91 Å².